The molecule has 82 valence electrons. The number of halogens is 1. The van der Waals surface area contributed by atoms with Crippen molar-refractivity contribution in [2.45, 2.75) is 25.8 Å². The second-order valence-corrected chi connectivity index (χ2v) is 5.73. The molecule has 1 aromatic carbocycles. The Kier molecular flexibility index (Phi) is 2.36. The Morgan fingerprint density at radius 1 is 1.40 bits per heavy atom. The first kappa shape index (κ1) is 11.0. The third-order valence-electron chi connectivity index (χ3n) is 3.46. The number of hydrogen-bond acceptors (Lipinski definition) is 2. The molecule has 1 atom stereocenters. The van der Waals surface area contributed by atoms with Crippen LogP contribution in [0, 0.1) is 5.41 Å². The van der Waals surface area contributed by atoms with E-state index < -0.39 is 0 Å². The van der Waals surface area contributed by atoms with E-state index in [1.165, 1.54) is 0 Å². The molecule has 1 aromatic rings. The second-order valence-electron chi connectivity index (χ2n) is 4.88. The van der Waals surface area contributed by atoms with Crippen LogP contribution in [0.4, 0.5) is 0 Å². The lowest BCUT2D eigenvalue weighted by Gasteiger charge is -2.18. The van der Waals surface area contributed by atoms with Crippen LogP contribution in [0.2, 0.25) is 0 Å². The maximum Gasteiger partial charge on any atom is 0.119 e. The van der Waals surface area contributed by atoms with Gasteiger partial charge in [-0.1, -0.05) is 29.8 Å². The minimum atomic E-state index is -0.208. The van der Waals surface area contributed by atoms with E-state index in [4.69, 9.17) is 10.5 Å². The van der Waals surface area contributed by atoms with Crippen LogP contribution in [0.15, 0.2) is 22.7 Å². The highest BCUT2D eigenvalue weighted by Gasteiger charge is 2.60. The van der Waals surface area contributed by atoms with Crippen molar-refractivity contribution in [3.8, 4) is 5.75 Å². The molecule has 0 aromatic heterocycles. The smallest absolute Gasteiger partial charge is 0.119 e. The summed E-state index contributed by atoms with van der Waals surface area (Å²) in [5.74, 6) is 0.862. The van der Waals surface area contributed by atoms with Gasteiger partial charge in [-0.15, -0.1) is 0 Å². The van der Waals surface area contributed by atoms with Crippen LogP contribution in [0.1, 0.15) is 25.8 Å². The molecular formula is C12H16BrNO. The van der Waals surface area contributed by atoms with Crippen molar-refractivity contribution < 1.29 is 4.74 Å². The van der Waals surface area contributed by atoms with Gasteiger partial charge in [0.25, 0.3) is 0 Å². The van der Waals surface area contributed by atoms with Crippen LogP contribution < -0.4 is 10.5 Å². The molecule has 0 radical (unpaired) electrons. The van der Waals surface area contributed by atoms with Gasteiger partial charge in [0.05, 0.1) is 7.11 Å². The SMILES string of the molecule is COc1ccc(Br)c(C2(N)CC2(C)C)c1. The summed E-state index contributed by atoms with van der Waals surface area (Å²) < 4.78 is 6.29. The fourth-order valence-electron chi connectivity index (χ4n) is 2.09. The average Bonchev–Trinajstić information content (AvgIpc) is 2.68. The van der Waals surface area contributed by atoms with Gasteiger partial charge < -0.3 is 10.5 Å². The van der Waals surface area contributed by atoms with Crippen molar-refractivity contribution in [1.29, 1.82) is 0 Å². The molecule has 15 heavy (non-hydrogen) atoms. The van der Waals surface area contributed by atoms with Crippen LogP contribution >= 0.6 is 15.9 Å². The van der Waals surface area contributed by atoms with E-state index in [-0.39, 0.29) is 11.0 Å². The molecule has 0 spiro atoms. The molecule has 2 nitrogen and oxygen atoms in total. The number of rotatable bonds is 2. The minimum Gasteiger partial charge on any atom is -0.497 e. The summed E-state index contributed by atoms with van der Waals surface area (Å²) in [6.45, 7) is 4.39. The molecule has 1 aliphatic carbocycles. The van der Waals surface area contributed by atoms with Gasteiger partial charge in [0.2, 0.25) is 0 Å². The van der Waals surface area contributed by atoms with Gasteiger partial charge in [-0.05, 0) is 35.6 Å². The molecular weight excluding hydrogens is 254 g/mol. The van der Waals surface area contributed by atoms with Crippen molar-refractivity contribution in [3.05, 3.63) is 28.2 Å². The minimum absolute atomic E-state index is 0.182. The standard InChI is InChI=1S/C12H16BrNO/c1-11(2)7-12(11,14)9-6-8(15-3)4-5-10(9)13/h4-6H,7,14H2,1-3H3. The molecule has 1 fully saturated rings. The molecule has 1 aliphatic rings. The fourth-order valence-corrected chi connectivity index (χ4v) is 2.69. The van der Waals surface area contributed by atoms with Gasteiger partial charge in [0.1, 0.15) is 5.75 Å². The first-order chi connectivity index (χ1) is 6.90. The largest absolute Gasteiger partial charge is 0.497 e. The van der Waals surface area contributed by atoms with Crippen molar-refractivity contribution in [1.82, 2.24) is 0 Å². The van der Waals surface area contributed by atoms with Gasteiger partial charge in [0.15, 0.2) is 0 Å². The van der Waals surface area contributed by atoms with Crippen LogP contribution in [0.5, 0.6) is 5.75 Å². The van der Waals surface area contributed by atoms with Gasteiger partial charge >= 0.3 is 0 Å². The summed E-state index contributed by atoms with van der Waals surface area (Å²) in [7, 11) is 1.67. The van der Waals surface area contributed by atoms with Gasteiger partial charge in [0, 0.05) is 10.0 Å². The molecule has 2 rings (SSSR count). The summed E-state index contributed by atoms with van der Waals surface area (Å²) in [5, 5.41) is 0. The number of ether oxygens (including phenoxy) is 1. The first-order valence-corrected chi connectivity index (χ1v) is 5.83. The molecule has 3 heteroatoms. The van der Waals surface area contributed by atoms with E-state index >= 15 is 0 Å². The number of nitrogens with two attached hydrogens (primary N) is 1. The Morgan fingerprint density at radius 2 is 2.00 bits per heavy atom. The summed E-state index contributed by atoms with van der Waals surface area (Å²) in [6.07, 6.45) is 1.02. The van der Waals surface area contributed by atoms with Crippen molar-refractivity contribution in [2.75, 3.05) is 7.11 Å². The quantitative estimate of drug-likeness (QED) is 0.896. The lowest BCUT2D eigenvalue weighted by Crippen LogP contribution is -2.25. The predicted molar refractivity (Wildman–Crippen MR) is 65.0 cm³/mol. The maximum absolute atomic E-state index is 6.38. The second kappa shape index (κ2) is 3.22. The van der Waals surface area contributed by atoms with Crippen molar-refractivity contribution in [2.24, 2.45) is 11.1 Å². The highest BCUT2D eigenvalue weighted by molar-refractivity contribution is 9.10. The third-order valence-corrected chi connectivity index (χ3v) is 4.15. The molecule has 2 N–H and O–H groups in total. The summed E-state index contributed by atoms with van der Waals surface area (Å²) in [6, 6.07) is 5.96. The van der Waals surface area contributed by atoms with E-state index in [2.05, 4.69) is 29.8 Å². The number of methoxy groups -OCH3 is 1. The first-order valence-electron chi connectivity index (χ1n) is 5.04. The Balaban J connectivity index is 2.45. The summed E-state index contributed by atoms with van der Waals surface area (Å²) in [4.78, 5) is 0. The molecule has 1 saturated carbocycles. The van der Waals surface area contributed by atoms with Gasteiger partial charge in [-0.2, -0.15) is 0 Å². The zero-order valence-electron chi connectivity index (χ0n) is 9.30. The molecule has 0 saturated heterocycles. The molecule has 0 bridgehead atoms. The van der Waals surface area contributed by atoms with Crippen LogP contribution in [-0.2, 0) is 5.54 Å². The molecule has 0 amide bonds. The lowest BCUT2D eigenvalue weighted by molar-refractivity contribution is 0.412. The van der Waals surface area contributed by atoms with Crippen molar-refractivity contribution >= 4 is 15.9 Å². The highest BCUT2D eigenvalue weighted by atomic mass is 79.9. The average molecular weight is 270 g/mol. The predicted octanol–water partition coefficient (Wildman–Crippen LogP) is 3.04. The van der Waals surface area contributed by atoms with Crippen LogP contribution in [0.3, 0.4) is 0 Å². The van der Waals surface area contributed by atoms with E-state index in [0.29, 0.717) is 0 Å². The fraction of sp³-hybridized carbons (Fsp3) is 0.500. The Hall–Kier alpha value is -0.540. The van der Waals surface area contributed by atoms with E-state index in [1.54, 1.807) is 7.11 Å². The zero-order valence-corrected chi connectivity index (χ0v) is 10.9. The van der Waals surface area contributed by atoms with Crippen LogP contribution in [0.25, 0.3) is 0 Å². The van der Waals surface area contributed by atoms with E-state index in [0.717, 1.165) is 22.2 Å². The summed E-state index contributed by atoms with van der Waals surface area (Å²) in [5.41, 5.74) is 7.50. The highest BCUT2D eigenvalue weighted by Crippen LogP contribution is 2.61. The third kappa shape index (κ3) is 1.58. The zero-order chi connectivity index (χ0) is 11.3. The normalized spacial score (nSPS) is 27.5. The number of hydrogen-bond donors (Lipinski definition) is 1. The Morgan fingerprint density at radius 3 is 2.47 bits per heavy atom. The van der Waals surface area contributed by atoms with Crippen LogP contribution in [-0.4, -0.2) is 7.11 Å². The van der Waals surface area contributed by atoms with Gasteiger partial charge in [-0.25, -0.2) is 0 Å². The topological polar surface area (TPSA) is 35.2 Å². The number of benzene rings is 1. The molecule has 0 aliphatic heterocycles. The van der Waals surface area contributed by atoms with Crippen molar-refractivity contribution in [3.63, 3.8) is 0 Å². The van der Waals surface area contributed by atoms with E-state index in [9.17, 15) is 0 Å². The summed E-state index contributed by atoms with van der Waals surface area (Å²) >= 11 is 3.55. The monoisotopic (exact) mass is 269 g/mol. The molecule has 0 heterocycles. The Bertz CT molecular complexity index is 403. The molecule has 1 unspecified atom stereocenters. The maximum atomic E-state index is 6.38. The van der Waals surface area contributed by atoms with Gasteiger partial charge in [-0.3, -0.25) is 0 Å². The van der Waals surface area contributed by atoms with E-state index in [1.807, 2.05) is 18.2 Å². The lowest BCUT2D eigenvalue weighted by atomic mass is 9.97. The Labute approximate surface area is 98.9 Å².